The molecule has 0 radical (unpaired) electrons. The molecule has 1 fully saturated rings. The molecule has 0 aromatic heterocycles. The molecule has 0 atom stereocenters. The third kappa shape index (κ3) is 6.51. The van der Waals surface area contributed by atoms with Crippen LogP contribution in [0.1, 0.15) is 5.56 Å². The van der Waals surface area contributed by atoms with Gasteiger partial charge in [0.1, 0.15) is 5.75 Å². The molecule has 1 heterocycles. The van der Waals surface area contributed by atoms with E-state index in [4.69, 9.17) is 4.74 Å². The summed E-state index contributed by atoms with van der Waals surface area (Å²) in [7, 11) is 1.64. The quantitative estimate of drug-likeness (QED) is 0.708. The van der Waals surface area contributed by atoms with Gasteiger partial charge in [-0.1, -0.05) is 17.7 Å². The van der Waals surface area contributed by atoms with Crippen LogP contribution in [0.15, 0.2) is 53.4 Å². The number of carbonyl (C=O) groups excluding carboxylic acids is 2. The first kappa shape index (κ1) is 21.2. The molecular weight excluding hydrogens is 386 g/mol. The maximum Gasteiger partial charge on any atom is 0.238 e. The van der Waals surface area contributed by atoms with E-state index in [9.17, 15) is 9.59 Å². The molecule has 2 aromatic carbocycles. The van der Waals surface area contributed by atoms with Crippen LogP contribution >= 0.6 is 11.8 Å². The van der Waals surface area contributed by atoms with E-state index < -0.39 is 0 Å². The van der Waals surface area contributed by atoms with Crippen molar-refractivity contribution in [3.8, 4) is 5.75 Å². The smallest absolute Gasteiger partial charge is 0.238 e. The summed E-state index contributed by atoms with van der Waals surface area (Å²) in [6, 6.07) is 15.5. The van der Waals surface area contributed by atoms with Gasteiger partial charge in [0, 0.05) is 36.8 Å². The van der Waals surface area contributed by atoms with E-state index in [-0.39, 0.29) is 11.8 Å². The zero-order chi connectivity index (χ0) is 20.6. The molecular formula is C22H27N3O3S. The van der Waals surface area contributed by atoms with Crippen molar-refractivity contribution in [2.45, 2.75) is 11.8 Å². The second-order valence-electron chi connectivity index (χ2n) is 7.04. The van der Waals surface area contributed by atoms with Crippen molar-refractivity contribution in [1.82, 2.24) is 9.80 Å². The Kier molecular flexibility index (Phi) is 7.55. The van der Waals surface area contributed by atoms with Gasteiger partial charge >= 0.3 is 0 Å². The van der Waals surface area contributed by atoms with Gasteiger partial charge in [0.25, 0.3) is 0 Å². The van der Waals surface area contributed by atoms with Gasteiger partial charge in [-0.2, -0.15) is 0 Å². The number of rotatable bonds is 7. The van der Waals surface area contributed by atoms with E-state index in [0.29, 0.717) is 38.5 Å². The number of amides is 2. The molecule has 0 unspecified atom stereocenters. The molecule has 0 spiro atoms. The van der Waals surface area contributed by atoms with Gasteiger partial charge in [-0.05, 0) is 43.3 Å². The van der Waals surface area contributed by atoms with E-state index in [1.165, 1.54) is 11.8 Å². The van der Waals surface area contributed by atoms with E-state index in [2.05, 4.69) is 10.2 Å². The van der Waals surface area contributed by atoms with Gasteiger partial charge in [0.2, 0.25) is 11.8 Å². The number of methoxy groups -OCH3 is 1. The first-order chi connectivity index (χ1) is 14.0. The zero-order valence-corrected chi connectivity index (χ0v) is 17.7. The largest absolute Gasteiger partial charge is 0.497 e. The number of anilines is 1. The maximum absolute atomic E-state index is 12.5. The van der Waals surface area contributed by atoms with Crippen molar-refractivity contribution >= 4 is 29.3 Å². The minimum atomic E-state index is -0.0244. The molecule has 154 valence electrons. The van der Waals surface area contributed by atoms with Crippen LogP contribution < -0.4 is 10.1 Å². The summed E-state index contributed by atoms with van der Waals surface area (Å²) in [6.45, 7) is 5.08. The van der Waals surface area contributed by atoms with Crippen LogP contribution in [0.4, 0.5) is 5.69 Å². The van der Waals surface area contributed by atoms with E-state index in [1.807, 2.05) is 60.4 Å². The molecule has 1 aliphatic rings. The van der Waals surface area contributed by atoms with Crippen LogP contribution in [-0.2, 0) is 9.59 Å². The lowest BCUT2D eigenvalue weighted by Crippen LogP contribution is -2.50. The van der Waals surface area contributed by atoms with Crippen molar-refractivity contribution < 1.29 is 14.3 Å². The minimum absolute atomic E-state index is 0.0244. The number of hydrogen-bond acceptors (Lipinski definition) is 5. The Hall–Kier alpha value is -2.51. The van der Waals surface area contributed by atoms with Gasteiger partial charge < -0.3 is 15.0 Å². The Balaban J connectivity index is 1.38. The number of nitrogens with one attached hydrogen (secondary N) is 1. The fraction of sp³-hybridized carbons (Fsp3) is 0.364. The molecule has 0 aliphatic carbocycles. The van der Waals surface area contributed by atoms with Crippen molar-refractivity contribution in [1.29, 1.82) is 0 Å². The highest BCUT2D eigenvalue weighted by Crippen LogP contribution is 2.21. The normalized spacial score (nSPS) is 14.5. The third-order valence-corrected chi connectivity index (χ3v) is 5.85. The highest BCUT2D eigenvalue weighted by Gasteiger charge is 2.22. The zero-order valence-electron chi connectivity index (χ0n) is 16.9. The second kappa shape index (κ2) is 10.3. The predicted octanol–water partition coefficient (Wildman–Crippen LogP) is 2.88. The highest BCUT2D eigenvalue weighted by molar-refractivity contribution is 8.00. The standard InChI is InChI=1S/C22H27N3O3S/c1-17-3-5-18(6-4-17)23-21(26)15-24-11-13-25(14-12-24)22(27)16-29-20-9-7-19(28-2)8-10-20/h3-10H,11-16H2,1-2H3,(H,23,26). The molecule has 2 aromatic rings. The summed E-state index contributed by atoms with van der Waals surface area (Å²) >= 11 is 1.53. The Morgan fingerprint density at radius 3 is 2.28 bits per heavy atom. The molecule has 29 heavy (non-hydrogen) atoms. The summed E-state index contributed by atoms with van der Waals surface area (Å²) < 4.78 is 5.15. The lowest BCUT2D eigenvalue weighted by Gasteiger charge is -2.34. The number of aryl methyl sites for hydroxylation is 1. The van der Waals surface area contributed by atoms with E-state index in [0.717, 1.165) is 21.9 Å². The average molecular weight is 414 g/mol. The molecule has 1 N–H and O–H groups in total. The first-order valence-electron chi connectivity index (χ1n) is 9.67. The van der Waals surface area contributed by atoms with Crippen LogP contribution in [0.3, 0.4) is 0 Å². The fourth-order valence-electron chi connectivity index (χ4n) is 3.10. The van der Waals surface area contributed by atoms with Gasteiger partial charge in [-0.25, -0.2) is 0 Å². The second-order valence-corrected chi connectivity index (χ2v) is 8.08. The van der Waals surface area contributed by atoms with Crippen molar-refractivity contribution in [3.05, 3.63) is 54.1 Å². The molecule has 0 bridgehead atoms. The Bertz CT molecular complexity index is 816. The van der Waals surface area contributed by atoms with E-state index >= 15 is 0 Å². The minimum Gasteiger partial charge on any atom is -0.497 e. The number of nitrogens with zero attached hydrogens (tertiary/aromatic N) is 2. The number of benzene rings is 2. The molecule has 1 saturated heterocycles. The molecule has 1 aliphatic heterocycles. The van der Waals surface area contributed by atoms with Crippen LogP contribution in [0.2, 0.25) is 0 Å². The van der Waals surface area contributed by atoms with Gasteiger partial charge in [-0.3, -0.25) is 14.5 Å². The summed E-state index contributed by atoms with van der Waals surface area (Å²) in [5.41, 5.74) is 1.97. The van der Waals surface area contributed by atoms with Gasteiger partial charge in [0.05, 0.1) is 19.4 Å². The highest BCUT2D eigenvalue weighted by atomic mass is 32.2. The number of carbonyl (C=O) groups is 2. The maximum atomic E-state index is 12.5. The molecule has 7 heteroatoms. The Morgan fingerprint density at radius 2 is 1.66 bits per heavy atom. The lowest BCUT2D eigenvalue weighted by molar-refractivity contribution is -0.130. The van der Waals surface area contributed by atoms with Crippen molar-refractivity contribution in [2.24, 2.45) is 0 Å². The Morgan fingerprint density at radius 1 is 1.00 bits per heavy atom. The molecule has 3 rings (SSSR count). The van der Waals surface area contributed by atoms with Crippen LogP contribution in [-0.4, -0.2) is 67.2 Å². The third-order valence-electron chi connectivity index (χ3n) is 4.85. The fourth-order valence-corrected chi connectivity index (χ4v) is 3.91. The topological polar surface area (TPSA) is 61.9 Å². The summed E-state index contributed by atoms with van der Waals surface area (Å²) in [5, 5.41) is 2.92. The molecule has 0 saturated carbocycles. The average Bonchev–Trinajstić information content (AvgIpc) is 2.74. The monoisotopic (exact) mass is 413 g/mol. The summed E-state index contributed by atoms with van der Waals surface area (Å²) in [5.74, 6) is 1.33. The van der Waals surface area contributed by atoms with Gasteiger partial charge in [0.15, 0.2) is 0 Å². The molecule has 6 nitrogen and oxygen atoms in total. The summed E-state index contributed by atoms with van der Waals surface area (Å²) in [4.78, 5) is 29.7. The van der Waals surface area contributed by atoms with Crippen LogP contribution in [0.5, 0.6) is 5.75 Å². The van der Waals surface area contributed by atoms with E-state index in [1.54, 1.807) is 7.11 Å². The van der Waals surface area contributed by atoms with Gasteiger partial charge in [-0.15, -0.1) is 11.8 Å². The number of piperazine rings is 1. The number of thioether (sulfide) groups is 1. The SMILES string of the molecule is COc1ccc(SCC(=O)N2CCN(CC(=O)Nc3ccc(C)cc3)CC2)cc1. The Labute approximate surface area is 176 Å². The number of hydrogen-bond donors (Lipinski definition) is 1. The van der Waals surface area contributed by atoms with Crippen molar-refractivity contribution in [3.63, 3.8) is 0 Å². The number of ether oxygens (including phenoxy) is 1. The van der Waals surface area contributed by atoms with Crippen molar-refractivity contribution in [2.75, 3.05) is 50.9 Å². The summed E-state index contributed by atoms with van der Waals surface area (Å²) in [6.07, 6.45) is 0. The molecule has 2 amide bonds. The first-order valence-corrected chi connectivity index (χ1v) is 10.7. The predicted molar refractivity (Wildman–Crippen MR) is 117 cm³/mol. The lowest BCUT2D eigenvalue weighted by atomic mass is 10.2. The van der Waals surface area contributed by atoms with Crippen LogP contribution in [0.25, 0.3) is 0 Å². The van der Waals surface area contributed by atoms with Crippen LogP contribution in [0, 0.1) is 6.92 Å².